The highest BCUT2D eigenvalue weighted by Crippen LogP contribution is 2.37. The Morgan fingerprint density at radius 2 is 1.77 bits per heavy atom. The van der Waals surface area contributed by atoms with Gasteiger partial charge in [-0.05, 0) is 5.56 Å². The molecule has 1 aromatic heterocycles. The van der Waals surface area contributed by atoms with Crippen molar-refractivity contribution in [1.82, 2.24) is 4.57 Å². The maximum Gasteiger partial charge on any atom is 0.202 e. The molecule has 3 aromatic rings. The molecule has 0 N–H and O–H groups in total. The third-order valence-electron chi connectivity index (χ3n) is 4.66. The van der Waals surface area contributed by atoms with Gasteiger partial charge in [-0.2, -0.15) is 0 Å². The van der Waals surface area contributed by atoms with Crippen molar-refractivity contribution in [3.8, 4) is 22.6 Å². The normalized spacial score (nSPS) is 15.0. The molecule has 4 rings (SSSR count). The lowest BCUT2D eigenvalue weighted by Crippen LogP contribution is -2.16. The lowest BCUT2D eigenvalue weighted by molar-refractivity contribution is 0.397. The molecule has 0 atom stereocenters. The predicted molar refractivity (Wildman–Crippen MR) is 98.8 cm³/mol. The van der Waals surface area contributed by atoms with Gasteiger partial charge in [0, 0.05) is 18.7 Å². The monoisotopic (exact) mass is 371 g/mol. The van der Waals surface area contributed by atoms with E-state index in [2.05, 4.69) is 0 Å². The van der Waals surface area contributed by atoms with Crippen LogP contribution in [0.5, 0.6) is 11.5 Å². The maximum atomic E-state index is 13.4. The van der Waals surface area contributed by atoms with E-state index < -0.39 is 9.84 Å². The lowest BCUT2D eigenvalue weighted by atomic mass is 10.0. The van der Waals surface area contributed by atoms with E-state index in [1.807, 2.05) is 6.07 Å². The van der Waals surface area contributed by atoms with Gasteiger partial charge in [0.2, 0.25) is 5.43 Å². The quantitative estimate of drug-likeness (QED) is 0.707. The summed E-state index contributed by atoms with van der Waals surface area (Å²) in [6.07, 6.45) is 0. The molecule has 7 heteroatoms. The number of pyridine rings is 1. The van der Waals surface area contributed by atoms with E-state index in [0.29, 0.717) is 28.0 Å². The van der Waals surface area contributed by atoms with E-state index in [1.54, 1.807) is 41.0 Å². The van der Waals surface area contributed by atoms with Crippen LogP contribution < -0.4 is 14.9 Å². The summed E-state index contributed by atoms with van der Waals surface area (Å²) in [6, 6.07) is 12.2. The maximum absolute atomic E-state index is 13.4. The lowest BCUT2D eigenvalue weighted by Gasteiger charge is -2.16. The molecule has 2 aromatic carbocycles. The number of hydrogen-bond acceptors (Lipinski definition) is 5. The van der Waals surface area contributed by atoms with Gasteiger partial charge in [-0.15, -0.1) is 0 Å². The van der Waals surface area contributed by atoms with E-state index >= 15 is 0 Å². The Balaban J connectivity index is 2.26. The van der Waals surface area contributed by atoms with Crippen molar-refractivity contribution in [2.75, 3.05) is 20.0 Å². The number of nitrogens with zero attached hydrogens (tertiary/aromatic N) is 1. The van der Waals surface area contributed by atoms with Crippen molar-refractivity contribution in [2.45, 2.75) is 11.6 Å². The van der Waals surface area contributed by atoms with E-state index in [9.17, 15) is 13.2 Å². The van der Waals surface area contributed by atoms with Gasteiger partial charge in [0.05, 0.1) is 36.4 Å². The molecular weight excluding hydrogens is 354 g/mol. The highest BCUT2D eigenvalue weighted by molar-refractivity contribution is 7.91. The number of rotatable bonds is 3. The second-order valence-corrected chi connectivity index (χ2v) is 8.09. The highest BCUT2D eigenvalue weighted by Gasteiger charge is 2.34. The Hall–Kier alpha value is -2.80. The average Bonchev–Trinajstić information content (AvgIpc) is 2.97. The van der Waals surface area contributed by atoms with Crippen molar-refractivity contribution in [2.24, 2.45) is 0 Å². The Labute approximate surface area is 150 Å². The first kappa shape index (κ1) is 16.7. The number of aryl methyl sites for hydroxylation is 1. The van der Waals surface area contributed by atoms with Gasteiger partial charge in [0.15, 0.2) is 9.84 Å². The van der Waals surface area contributed by atoms with Gasteiger partial charge in [-0.25, -0.2) is 8.42 Å². The molecule has 134 valence electrons. The minimum absolute atomic E-state index is 0.0368. The molecule has 0 saturated carbocycles. The van der Waals surface area contributed by atoms with Crippen LogP contribution in [0.1, 0.15) is 0 Å². The summed E-state index contributed by atoms with van der Waals surface area (Å²) in [6.45, 7) is 0.282. The standard InChI is InChI=1S/C19H17NO5S/c1-24-13-10-14-17(15(11-13)25-2)18(21)16(12-6-4-3-5-7-12)19-20(14)8-9-26(19,22)23/h3-7,10-11H,8-9H2,1-2H3. The van der Waals surface area contributed by atoms with Crippen molar-refractivity contribution in [3.63, 3.8) is 0 Å². The highest BCUT2D eigenvalue weighted by atomic mass is 32.2. The largest absolute Gasteiger partial charge is 0.497 e. The predicted octanol–water partition coefficient (Wildman–Crippen LogP) is 2.47. The van der Waals surface area contributed by atoms with Crippen molar-refractivity contribution in [3.05, 3.63) is 52.7 Å². The second-order valence-electron chi connectivity index (χ2n) is 6.07. The third kappa shape index (κ3) is 2.31. The molecule has 0 unspecified atom stereocenters. The fourth-order valence-corrected chi connectivity index (χ4v) is 5.14. The Morgan fingerprint density at radius 3 is 2.42 bits per heavy atom. The fourth-order valence-electron chi connectivity index (χ4n) is 3.48. The molecule has 1 aliphatic heterocycles. The molecule has 0 bridgehead atoms. The van der Waals surface area contributed by atoms with Crippen LogP contribution >= 0.6 is 0 Å². The van der Waals surface area contributed by atoms with Gasteiger partial charge < -0.3 is 14.0 Å². The summed E-state index contributed by atoms with van der Waals surface area (Å²) in [5, 5.41) is 0.421. The number of sulfone groups is 1. The Kier molecular flexibility index (Phi) is 3.77. The third-order valence-corrected chi connectivity index (χ3v) is 6.39. The zero-order valence-corrected chi connectivity index (χ0v) is 15.2. The minimum atomic E-state index is -3.56. The van der Waals surface area contributed by atoms with E-state index in [4.69, 9.17) is 9.47 Å². The number of aromatic nitrogens is 1. The molecule has 0 aliphatic carbocycles. The number of benzene rings is 2. The van der Waals surface area contributed by atoms with Crippen molar-refractivity contribution >= 4 is 20.7 Å². The Bertz CT molecular complexity index is 1180. The van der Waals surface area contributed by atoms with Crippen LogP contribution in [0.4, 0.5) is 0 Å². The van der Waals surface area contributed by atoms with Gasteiger partial charge in [-0.1, -0.05) is 30.3 Å². The van der Waals surface area contributed by atoms with Crippen LogP contribution in [0.15, 0.2) is 52.3 Å². The first-order valence-electron chi connectivity index (χ1n) is 8.08. The van der Waals surface area contributed by atoms with Crippen LogP contribution in [-0.2, 0) is 16.4 Å². The molecule has 0 radical (unpaired) electrons. The molecular formula is C19H17NO5S. The van der Waals surface area contributed by atoms with E-state index in [1.165, 1.54) is 14.2 Å². The zero-order valence-electron chi connectivity index (χ0n) is 14.4. The molecule has 6 nitrogen and oxygen atoms in total. The summed E-state index contributed by atoms with van der Waals surface area (Å²) in [5.74, 6) is 0.826. The molecule has 1 aliphatic rings. The van der Waals surface area contributed by atoms with Crippen LogP contribution in [-0.4, -0.2) is 33.0 Å². The summed E-state index contributed by atoms with van der Waals surface area (Å²) < 4.78 is 37.8. The zero-order chi connectivity index (χ0) is 18.5. The number of fused-ring (bicyclic) bond motifs is 3. The van der Waals surface area contributed by atoms with Crippen LogP contribution in [0.3, 0.4) is 0 Å². The van der Waals surface area contributed by atoms with Crippen molar-refractivity contribution < 1.29 is 17.9 Å². The van der Waals surface area contributed by atoms with E-state index in [-0.39, 0.29) is 28.3 Å². The number of hydrogen-bond donors (Lipinski definition) is 0. The Morgan fingerprint density at radius 1 is 1.04 bits per heavy atom. The van der Waals surface area contributed by atoms with Gasteiger partial charge >= 0.3 is 0 Å². The molecule has 26 heavy (non-hydrogen) atoms. The summed E-state index contributed by atoms with van der Waals surface area (Å²) in [5.41, 5.74) is 0.912. The molecule has 0 amide bonds. The first-order valence-corrected chi connectivity index (χ1v) is 9.74. The second kappa shape index (κ2) is 5.88. The fraction of sp³-hybridized carbons (Fsp3) is 0.211. The number of methoxy groups -OCH3 is 2. The molecule has 0 fully saturated rings. The summed E-state index contributed by atoms with van der Waals surface area (Å²) >= 11 is 0. The first-order chi connectivity index (χ1) is 12.5. The SMILES string of the molecule is COc1cc(OC)c2c(=O)c(-c3ccccc3)c3n(c2c1)CCS3(=O)=O. The van der Waals surface area contributed by atoms with Crippen molar-refractivity contribution in [1.29, 1.82) is 0 Å². The van der Waals surface area contributed by atoms with Crippen LogP contribution in [0.25, 0.3) is 22.0 Å². The molecule has 0 saturated heterocycles. The molecule has 0 spiro atoms. The average molecular weight is 371 g/mol. The summed E-state index contributed by atoms with van der Waals surface area (Å²) in [4.78, 5) is 13.4. The van der Waals surface area contributed by atoms with Gasteiger partial charge in [0.1, 0.15) is 16.5 Å². The minimum Gasteiger partial charge on any atom is -0.497 e. The smallest absolute Gasteiger partial charge is 0.202 e. The van der Waals surface area contributed by atoms with Gasteiger partial charge in [-0.3, -0.25) is 4.79 Å². The number of ether oxygens (including phenoxy) is 2. The van der Waals surface area contributed by atoms with Crippen LogP contribution in [0.2, 0.25) is 0 Å². The van der Waals surface area contributed by atoms with Crippen LogP contribution in [0, 0.1) is 0 Å². The van der Waals surface area contributed by atoms with Gasteiger partial charge in [0.25, 0.3) is 0 Å². The topological polar surface area (TPSA) is 74.6 Å². The molecule has 2 heterocycles. The summed E-state index contributed by atoms with van der Waals surface area (Å²) in [7, 11) is -0.567. The van der Waals surface area contributed by atoms with E-state index in [0.717, 1.165) is 0 Å².